The Bertz CT molecular complexity index is 933. The molecule has 2 aromatic rings. The third-order valence-electron chi connectivity index (χ3n) is 6.00. The highest BCUT2D eigenvalue weighted by atomic mass is 16.3. The lowest BCUT2D eigenvalue weighted by atomic mass is 9.86. The lowest BCUT2D eigenvalue weighted by Crippen LogP contribution is -2.46. The van der Waals surface area contributed by atoms with E-state index in [9.17, 15) is 14.7 Å². The van der Waals surface area contributed by atoms with Crippen LogP contribution in [0, 0.1) is 5.92 Å². The number of hydrogen-bond acceptors (Lipinski definition) is 5. The van der Waals surface area contributed by atoms with Gasteiger partial charge in [-0.2, -0.15) is 4.98 Å². The van der Waals surface area contributed by atoms with Crippen LogP contribution in [-0.4, -0.2) is 43.0 Å². The van der Waals surface area contributed by atoms with Gasteiger partial charge < -0.3 is 14.6 Å². The first-order valence-corrected chi connectivity index (χ1v) is 10.0. The van der Waals surface area contributed by atoms with E-state index in [-0.39, 0.29) is 23.6 Å². The van der Waals surface area contributed by atoms with Gasteiger partial charge in [-0.1, -0.05) is 18.9 Å². The third kappa shape index (κ3) is 3.08. The summed E-state index contributed by atoms with van der Waals surface area (Å²) in [6, 6.07) is 5.75. The first-order valence-electron chi connectivity index (χ1n) is 10.0. The molecule has 1 atom stereocenters. The van der Waals surface area contributed by atoms with Crippen molar-refractivity contribution in [3.05, 3.63) is 52.0 Å². The number of nitrogens with zero attached hydrogens (tertiary/aromatic N) is 4. The third-order valence-corrected chi connectivity index (χ3v) is 6.00. The number of amides is 1. The average Bonchev–Trinajstić information content (AvgIpc) is 3.20. The van der Waals surface area contributed by atoms with Crippen molar-refractivity contribution in [2.24, 2.45) is 5.92 Å². The Morgan fingerprint density at radius 2 is 1.89 bits per heavy atom. The molecule has 7 nitrogen and oxygen atoms in total. The van der Waals surface area contributed by atoms with Crippen molar-refractivity contribution in [3.8, 4) is 5.75 Å². The van der Waals surface area contributed by atoms with Crippen LogP contribution in [0.15, 0.2) is 29.2 Å². The number of aromatic hydroxyl groups is 1. The summed E-state index contributed by atoms with van der Waals surface area (Å²) in [6.07, 6.45) is 6.11. The second-order valence-electron chi connectivity index (χ2n) is 7.99. The minimum absolute atomic E-state index is 0.00575. The predicted octanol–water partition coefficient (Wildman–Crippen LogP) is 2.53. The Labute approximate surface area is 164 Å². The van der Waals surface area contributed by atoms with E-state index in [1.165, 1.54) is 0 Å². The second-order valence-corrected chi connectivity index (χ2v) is 7.99. The average molecular weight is 382 g/mol. The molecule has 1 amide bonds. The quantitative estimate of drug-likeness (QED) is 0.878. The summed E-state index contributed by atoms with van der Waals surface area (Å²) < 4.78 is 1.76. The Balaban J connectivity index is 1.90. The molecule has 0 spiro atoms. The van der Waals surface area contributed by atoms with Crippen molar-refractivity contribution in [3.63, 3.8) is 0 Å². The minimum atomic E-state index is -0.737. The van der Waals surface area contributed by atoms with Gasteiger partial charge in [0.1, 0.15) is 5.82 Å². The SMILES string of the molecule is CC(C)N1CCn2c(C(c3ccccn3)C3CCCC3)nc(=O)c(O)c2C1=O. The summed E-state index contributed by atoms with van der Waals surface area (Å²) in [6.45, 7) is 4.89. The zero-order valence-electron chi connectivity index (χ0n) is 16.3. The highest BCUT2D eigenvalue weighted by Crippen LogP contribution is 2.41. The fraction of sp³-hybridized carbons (Fsp3) is 0.524. The molecule has 28 heavy (non-hydrogen) atoms. The van der Waals surface area contributed by atoms with Gasteiger partial charge in [-0.15, -0.1) is 0 Å². The summed E-state index contributed by atoms with van der Waals surface area (Å²) in [7, 11) is 0. The van der Waals surface area contributed by atoms with Gasteiger partial charge in [0.15, 0.2) is 5.69 Å². The number of rotatable bonds is 4. The molecule has 4 rings (SSSR count). The van der Waals surface area contributed by atoms with Crippen LogP contribution in [-0.2, 0) is 6.54 Å². The summed E-state index contributed by atoms with van der Waals surface area (Å²) in [5, 5.41) is 10.4. The van der Waals surface area contributed by atoms with E-state index in [1.54, 1.807) is 15.7 Å². The molecule has 2 aromatic heterocycles. The Hall–Kier alpha value is -2.70. The van der Waals surface area contributed by atoms with E-state index in [1.807, 2.05) is 32.0 Å². The fourth-order valence-corrected chi connectivity index (χ4v) is 4.61. The highest BCUT2D eigenvalue weighted by molar-refractivity contribution is 5.95. The van der Waals surface area contributed by atoms with Gasteiger partial charge in [-0.25, -0.2) is 0 Å². The van der Waals surface area contributed by atoms with E-state index >= 15 is 0 Å². The maximum atomic E-state index is 13.0. The van der Waals surface area contributed by atoms with Gasteiger partial charge in [0.25, 0.3) is 5.91 Å². The molecule has 1 aliphatic carbocycles. The highest BCUT2D eigenvalue weighted by Gasteiger charge is 2.37. The molecule has 7 heteroatoms. The molecule has 0 saturated heterocycles. The molecule has 1 unspecified atom stereocenters. The summed E-state index contributed by atoms with van der Waals surface area (Å²) in [4.78, 5) is 36.0. The van der Waals surface area contributed by atoms with E-state index in [4.69, 9.17) is 0 Å². The first kappa shape index (κ1) is 18.7. The van der Waals surface area contributed by atoms with E-state index in [0.717, 1.165) is 31.4 Å². The molecule has 0 aromatic carbocycles. The fourth-order valence-electron chi connectivity index (χ4n) is 4.61. The maximum absolute atomic E-state index is 13.0. The number of hydrogen-bond donors (Lipinski definition) is 1. The number of aromatic nitrogens is 3. The second kappa shape index (κ2) is 7.37. The minimum Gasteiger partial charge on any atom is -0.501 e. The Kier molecular flexibility index (Phi) is 4.91. The molecule has 1 fully saturated rings. The van der Waals surface area contributed by atoms with Crippen LogP contribution < -0.4 is 5.56 Å². The van der Waals surface area contributed by atoms with Gasteiger partial charge in [0, 0.05) is 25.3 Å². The number of fused-ring (bicyclic) bond motifs is 1. The number of carbonyl (C=O) groups is 1. The van der Waals surface area contributed by atoms with Gasteiger partial charge in [-0.05, 0) is 44.7 Å². The predicted molar refractivity (Wildman–Crippen MR) is 104 cm³/mol. The topological polar surface area (TPSA) is 88.3 Å². The van der Waals surface area contributed by atoms with Gasteiger partial charge in [-0.3, -0.25) is 14.6 Å². The number of carbonyl (C=O) groups excluding carboxylic acids is 1. The molecular weight excluding hydrogens is 356 g/mol. The summed E-state index contributed by atoms with van der Waals surface area (Å²) >= 11 is 0. The monoisotopic (exact) mass is 382 g/mol. The van der Waals surface area contributed by atoms with Crippen LogP contribution in [0.25, 0.3) is 0 Å². The largest absolute Gasteiger partial charge is 0.501 e. The van der Waals surface area contributed by atoms with Crippen LogP contribution in [0.4, 0.5) is 0 Å². The van der Waals surface area contributed by atoms with Crippen LogP contribution in [0.3, 0.4) is 0 Å². The van der Waals surface area contributed by atoms with E-state index in [2.05, 4.69) is 9.97 Å². The lowest BCUT2D eigenvalue weighted by molar-refractivity contribution is 0.0636. The Morgan fingerprint density at radius 1 is 1.14 bits per heavy atom. The Morgan fingerprint density at radius 3 is 2.54 bits per heavy atom. The van der Waals surface area contributed by atoms with Crippen molar-refractivity contribution in [1.29, 1.82) is 0 Å². The van der Waals surface area contributed by atoms with Gasteiger partial charge >= 0.3 is 5.56 Å². The molecule has 1 aliphatic heterocycles. The molecule has 148 valence electrons. The van der Waals surface area contributed by atoms with E-state index in [0.29, 0.717) is 24.8 Å². The molecule has 1 N–H and O–H groups in total. The molecular formula is C21H26N4O3. The van der Waals surface area contributed by atoms with Gasteiger partial charge in [0.2, 0.25) is 5.75 Å². The van der Waals surface area contributed by atoms with Crippen molar-refractivity contribution in [1.82, 2.24) is 19.4 Å². The molecule has 3 heterocycles. The van der Waals surface area contributed by atoms with Gasteiger partial charge in [0.05, 0.1) is 11.6 Å². The van der Waals surface area contributed by atoms with Crippen molar-refractivity contribution >= 4 is 5.91 Å². The molecule has 2 aliphatic rings. The van der Waals surface area contributed by atoms with Crippen molar-refractivity contribution in [2.45, 2.75) is 58.0 Å². The maximum Gasteiger partial charge on any atom is 0.315 e. The first-order chi connectivity index (χ1) is 13.5. The molecule has 0 bridgehead atoms. The zero-order valence-corrected chi connectivity index (χ0v) is 16.3. The molecule has 1 saturated carbocycles. The lowest BCUT2D eigenvalue weighted by Gasteiger charge is -2.35. The van der Waals surface area contributed by atoms with Crippen molar-refractivity contribution in [2.75, 3.05) is 6.54 Å². The zero-order chi connectivity index (χ0) is 19.8. The van der Waals surface area contributed by atoms with Crippen LogP contribution >= 0.6 is 0 Å². The van der Waals surface area contributed by atoms with Crippen LogP contribution in [0.5, 0.6) is 5.75 Å². The van der Waals surface area contributed by atoms with E-state index < -0.39 is 11.3 Å². The smallest absolute Gasteiger partial charge is 0.315 e. The normalized spacial score (nSPS) is 18.5. The standard InChI is InChI=1S/C21H26N4O3/c1-13(2)24-11-12-25-17(21(24)28)18(26)20(27)23-19(25)16(14-7-3-4-8-14)15-9-5-6-10-22-15/h5-6,9-10,13-14,16,26H,3-4,7-8,11-12H2,1-2H3. The summed E-state index contributed by atoms with van der Waals surface area (Å²) in [5.41, 5.74) is 0.188. The van der Waals surface area contributed by atoms with Crippen LogP contribution in [0.2, 0.25) is 0 Å². The van der Waals surface area contributed by atoms with Crippen LogP contribution in [0.1, 0.15) is 67.5 Å². The number of pyridine rings is 1. The van der Waals surface area contributed by atoms with Crippen molar-refractivity contribution < 1.29 is 9.90 Å². The summed E-state index contributed by atoms with van der Waals surface area (Å²) in [5.74, 6) is -0.147. The molecule has 0 radical (unpaired) electrons.